The van der Waals surface area contributed by atoms with E-state index >= 15 is 0 Å². The largest absolute Gasteiger partial charge is 0.311 e. The zero-order valence-corrected chi connectivity index (χ0v) is 17.0. The number of amides is 2. The van der Waals surface area contributed by atoms with Gasteiger partial charge >= 0.3 is 0 Å². The first-order valence-electron chi connectivity index (χ1n) is 8.93. The van der Waals surface area contributed by atoms with Crippen LogP contribution in [0.4, 0.5) is 11.6 Å². The molecule has 1 atom stereocenters. The van der Waals surface area contributed by atoms with Crippen LogP contribution in [-0.2, 0) is 22.4 Å². The molecule has 0 aliphatic carbocycles. The molecule has 0 saturated heterocycles. The summed E-state index contributed by atoms with van der Waals surface area (Å²) in [5.41, 5.74) is 2.07. The predicted octanol–water partition coefficient (Wildman–Crippen LogP) is 3.83. The van der Waals surface area contributed by atoms with Crippen LogP contribution in [0.25, 0.3) is 0 Å². The SMILES string of the molecule is Cn1nc(NC(=O)CSCc2ccccc2)c2c1NC(=O)C[C@@H]2c1cccs1. The number of rotatable bonds is 6. The maximum atomic E-state index is 12.5. The minimum absolute atomic E-state index is 0.0369. The number of hydrogen-bond acceptors (Lipinski definition) is 5. The van der Waals surface area contributed by atoms with Crippen LogP contribution in [0.15, 0.2) is 47.8 Å². The average molecular weight is 413 g/mol. The van der Waals surface area contributed by atoms with Crippen molar-refractivity contribution in [1.82, 2.24) is 9.78 Å². The number of anilines is 2. The third-order valence-electron chi connectivity index (χ3n) is 4.57. The maximum absolute atomic E-state index is 12.5. The number of benzene rings is 1. The van der Waals surface area contributed by atoms with Gasteiger partial charge in [0.25, 0.3) is 0 Å². The highest BCUT2D eigenvalue weighted by Crippen LogP contribution is 2.42. The summed E-state index contributed by atoms with van der Waals surface area (Å²) in [5, 5.41) is 12.3. The van der Waals surface area contributed by atoms with Crippen LogP contribution in [-0.4, -0.2) is 27.3 Å². The molecule has 0 unspecified atom stereocenters. The lowest BCUT2D eigenvalue weighted by atomic mass is 9.92. The van der Waals surface area contributed by atoms with Gasteiger partial charge in [-0.05, 0) is 17.0 Å². The number of carbonyl (C=O) groups is 2. The van der Waals surface area contributed by atoms with Crippen molar-refractivity contribution in [3.8, 4) is 0 Å². The summed E-state index contributed by atoms with van der Waals surface area (Å²) in [5.74, 6) is 2.08. The highest BCUT2D eigenvalue weighted by molar-refractivity contribution is 7.99. The van der Waals surface area contributed by atoms with Crippen LogP contribution >= 0.6 is 23.1 Å². The van der Waals surface area contributed by atoms with Crippen LogP contribution in [0.5, 0.6) is 0 Å². The van der Waals surface area contributed by atoms with Crippen LogP contribution < -0.4 is 10.6 Å². The molecule has 0 spiro atoms. The van der Waals surface area contributed by atoms with Crippen molar-refractivity contribution in [2.75, 3.05) is 16.4 Å². The molecule has 2 N–H and O–H groups in total. The third kappa shape index (κ3) is 3.98. The molecular weight excluding hydrogens is 392 g/mol. The van der Waals surface area contributed by atoms with E-state index in [2.05, 4.69) is 15.7 Å². The number of nitrogens with zero attached hydrogens (tertiary/aromatic N) is 2. The van der Waals surface area contributed by atoms with Gasteiger partial charge in [0.1, 0.15) is 5.82 Å². The maximum Gasteiger partial charge on any atom is 0.235 e. The van der Waals surface area contributed by atoms with E-state index in [1.54, 1.807) is 34.8 Å². The number of fused-ring (bicyclic) bond motifs is 1. The Labute approximate surface area is 171 Å². The Morgan fingerprint density at radius 3 is 2.89 bits per heavy atom. The van der Waals surface area contributed by atoms with E-state index in [1.165, 1.54) is 5.56 Å². The van der Waals surface area contributed by atoms with Crippen LogP contribution in [0, 0.1) is 0 Å². The summed E-state index contributed by atoms with van der Waals surface area (Å²) in [4.78, 5) is 25.7. The van der Waals surface area contributed by atoms with Gasteiger partial charge in [-0.1, -0.05) is 36.4 Å². The molecule has 0 saturated carbocycles. The van der Waals surface area contributed by atoms with Gasteiger partial charge in [0.2, 0.25) is 11.8 Å². The van der Waals surface area contributed by atoms with Gasteiger partial charge in [-0.25, -0.2) is 0 Å². The predicted molar refractivity (Wildman–Crippen MR) is 114 cm³/mol. The van der Waals surface area contributed by atoms with Crippen molar-refractivity contribution in [2.45, 2.75) is 18.1 Å². The summed E-state index contributed by atoms with van der Waals surface area (Å²) in [6, 6.07) is 14.1. The minimum Gasteiger partial charge on any atom is -0.311 e. The molecule has 3 aromatic rings. The Morgan fingerprint density at radius 1 is 1.32 bits per heavy atom. The van der Waals surface area contributed by atoms with Crippen molar-refractivity contribution in [2.24, 2.45) is 7.05 Å². The van der Waals surface area contributed by atoms with E-state index < -0.39 is 0 Å². The lowest BCUT2D eigenvalue weighted by Gasteiger charge is -2.23. The number of thiophene rings is 1. The molecular formula is C20H20N4O2S2. The molecule has 0 fully saturated rings. The molecule has 1 aliphatic heterocycles. The lowest BCUT2D eigenvalue weighted by molar-refractivity contribution is -0.116. The van der Waals surface area contributed by atoms with Crippen LogP contribution in [0.3, 0.4) is 0 Å². The number of hydrogen-bond donors (Lipinski definition) is 2. The standard InChI is InChI=1S/C20H20N4O2S2/c1-24-20-18(14(10-16(25)22-20)15-8-5-9-28-15)19(23-24)21-17(26)12-27-11-13-6-3-2-4-7-13/h2-9,14H,10-12H2,1H3,(H,22,25)(H,21,23,26)/t14-/m1/s1. The second kappa shape index (κ2) is 8.20. The highest BCUT2D eigenvalue weighted by atomic mass is 32.2. The first kappa shape index (κ1) is 18.8. The highest BCUT2D eigenvalue weighted by Gasteiger charge is 2.33. The van der Waals surface area contributed by atoms with Crippen molar-refractivity contribution >= 4 is 46.5 Å². The monoisotopic (exact) mass is 412 g/mol. The zero-order valence-electron chi connectivity index (χ0n) is 15.3. The van der Waals surface area contributed by atoms with Crippen molar-refractivity contribution < 1.29 is 9.59 Å². The minimum atomic E-state index is -0.0938. The van der Waals surface area contributed by atoms with E-state index in [0.29, 0.717) is 23.8 Å². The van der Waals surface area contributed by atoms with Gasteiger partial charge in [-0.2, -0.15) is 5.10 Å². The molecule has 3 heterocycles. The summed E-state index contributed by atoms with van der Waals surface area (Å²) >= 11 is 3.17. The van der Waals surface area contributed by atoms with Gasteiger partial charge in [-0.15, -0.1) is 23.1 Å². The first-order chi connectivity index (χ1) is 13.6. The topological polar surface area (TPSA) is 76.0 Å². The molecule has 2 amide bonds. The molecule has 1 aromatic carbocycles. The van der Waals surface area contributed by atoms with E-state index in [0.717, 1.165) is 16.2 Å². The third-order valence-corrected chi connectivity index (χ3v) is 6.56. The van der Waals surface area contributed by atoms with Crippen molar-refractivity contribution in [3.05, 3.63) is 63.8 Å². The quantitative estimate of drug-likeness (QED) is 0.645. The van der Waals surface area contributed by atoms with Crippen LogP contribution in [0.2, 0.25) is 0 Å². The number of nitrogens with one attached hydrogen (secondary N) is 2. The smallest absolute Gasteiger partial charge is 0.235 e. The van der Waals surface area contributed by atoms with Gasteiger partial charge < -0.3 is 10.6 Å². The molecule has 0 bridgehead atoms. The molecule has 8 heteroatoms. The molecule has 2 aromatic heterocycles. The van der Waals surface area contributed by atoms with Gasteiger partial charge in [0.05, 0.1) is 5.75 Å². The Hall–Kier alpha value is -2.58. The normalized spacial score (nSPS) is 15.8. The zero-order chi connectivity index (χ0) is 19.5. The summed E-state index contributed by atoms with van der Waals surface area (Å²) < 4.78 is 1.62. The van der Waals surface area contributed by atoms with Crippen molar-refractivity contribution in [3.63, 3.8) is 0 Å². The lowest BCUT2D eigenvalue weighted by Crippen LogP contribution is -2.25. The summed E-state index contributed by atoms with van der Waals surface area (Å²) in [6.07, 6.45) is 0.352. The Bertz CT molecular complexity index is 983. The number of aromatic nitrogens is 2. The van der Waals surface area contributed by atoms with E-state index in [-0.39, 0.29) is 17.7 Å². The van der Waals surface area contributed by atoms with Gasteiger partial charge in [0, 0.05) is 35.6 Å². The Balaban J connectivity index is 1.49. The summed E-state index contributed by atoms with van der Waals surface area (Å²) in [6.45, 7) is 0. The Kier molecular flexibility index (Phi) is 5.50. The average Bonchev–Trinajstić information content (AvgIpc) is 3.31. The molecule has 1 aliphatic rings. The van der Waals surface area contributed by atoms with E-state index in [4.69, 9.17) is 0 Å². The second-order valence-electron chi connectivity index (χ2n) is 6.58. The van der Waals surface area contributed by atoms with E-state index in [1.807, 2.05) is 47.8 Å². The molecule has 144 valence electrons. The second-order valence-corrected chi connectivity index (χ2v) is 8.55. The van der Waals surface area contributed by atoms with Gasteiger partial charge in [0.15, 0.2) is 5.82 Å². The molecule has 6 nitrogen and oxygen atoms in total. The van der Waals surface area contributed by atoms with Gasteiger partial charge in [-0.3, -0.25) is 14.3 Å². The number of thioether (sulfide) groups is 1. The molecule has 4 rings (SSSR count). The number of aryl methyl sites for hydroxylation is 1. The fourth-order valence-corrected chi connectivity index (χ4v) is 4.94. The van der Waals surface area contributed by atoms with Crippen molar-refractivity contribution in [1.29, 1.82) is 0 Å². The van der Waals surface area contributed by atoms with Crippen LogP contribution in [0.1, 0.15) is 28.3 Å². The first-order valence-corrected chi connectivity index (χ1v) is 11.0. The molecule has 0 radical (unpaired) electrons. The fourth-order valence-electron chi connectivity index (χ4n) is 3.32. The fraction of sp³-hybridized carbons (Fsp3) is 0.250. The number of carbonyl (C=O) groups excluding carboxylic acids is 2. The van der Waals surface area contributed by atoms with E-state index in [9.17, 15) is 9.59 Å². The molecule has 28 heavy (non-hydrogen) atoms. The Morgan fingerprint density at radius 2 is 2.14 bits per heavy atom. The summed E-state index contributed by atoms with van der Waals surface area (Å²) in [7, 11) is 1.77.